The Bertz CT molecular complexity index is 1490. The number of aryl methyl sites for hydroxylation is 2. The number of carbonyl (C=O) groups is 2. The smallest absolute Gasteiger partial charge is 0.419 e. The minimum absolute atomic E-state index is 0.104. The van der Waals surface area contributed by atoms with Crippen molar-refractivity contribution in [3.8, 4) is 11.1 Å². The van der Waals surface area contributed by atoms with Crippen LogP contribution in [0.4, 0.5) is 22.0 Å². The van der Waals surface area contributed by atoms with E-state index in [2.05, 4.69) is 18.5 Å². The second-order valence-corrected chi connectivity index (χ2v) is 11.9. The molecule has 0 spiro atoms. The lowest BCUT2D eigenvalue weighted by molar-refractivity contribution is -0.144. The number of nitrogens with one attached hydrogen (secondary N) is 1. The monoisotopic (exact) mass is 659 g/mol. The Morgan fingerprint density at radius 1 is 1.02 bits per heavy atom. The fourth-order valence-corrected chi connectivity index (χ4v) is 5.46. The fraction of sp³-hybridized carbons (Fsp3) is 0.438. The number of hydrogen-bond donors (Lipinski definition) is 1. The zero-order valence-electron chi connectivity index (χ0n) is 25.4. The molecule has 7 nitrogen and oxygen atoms in total. The van der Waals surface area contributed by atoms with Crippen molar-refractivity contribution in [2.24, 2.45) is 0 Å². The molecular weight excluding hydrogens is 621 g/mol. The SMILES string of the molecule is C=CCCCCc1cc(F)cc(CC)c1-c1cc([C@H](CC(=O)OCC)NC(=O)[C@@H](CC=C)OS(C)(=O)=O)c(F)c(C(F)(F)F)c1. The van der Waals surface area contributed by atoms with E-state index in [4.69, 9.17) is 8.92 Å². The standard InChI is InChI=1S/C32H38F5NO6S/c1-6-10-11-12-14-21-16-23(33)15-20(8-3)29(21)22-17-24(30(34)25(18-22)32(35,36)37)26(19-28(39)43-9-4)38-31(40)27(13-7-2)44-45(5,41)42/h6-7,15-18,26-27H,1-2,8-14,19H2,3-5H3,(H,38,40)/t26-,27+/m0/s1. The van der Waals surface area contributed by atoms with Crippen LogP contribution >= 0.6 is 0 Å². The first-order chi connectivity index (χ1) is 21.1. The van der Waals surface area contributed by atoms with E-state index in [1.807, 2.05) is 0 Å². The predicted molar refractivity (Wildman–Crippen MR) is 161 cm³/mol. The normalized spacial score (nSPS) is 13.2. The van der Waals surface area contributed by atoms with Crippen molar-refractivity contribution in [3.05, 3.63) is 83.5 Å². The van der Waals surface area contributed by atoms with Crippen LogP contribution in [0.3, 0.4) is 0 Å². The van der Waals surface area contributed by atoms with E-state index in [1.165, 1.54) is 25.1 Å². The zero-order valence-corrected chi connectivity index (χ0v) is 26.3. The van der Waals surface area contributed by atoms with Gasteiger partial charge in [0, 0.05) is 12.0 Å². The third kappa shape index (κ3) is 11.1. The molecule has 0 saturated carbocycles. The van der Waals surface area contributed by atoms with Crippen molar-refractivity contribution in [2.45, 2.75) is 77.1 Å². The number of benzene rings is 2. The molecule has 2 aromatic carbocycles. The van der Waals surface area contributed by atoms with Gasteiger partial charge in [0.2, 0.25) is 0 Å². The van der Waals surface area contributed by atoms with Crippen molar-refractivity contribution in [3.63, 3.8) is 0 Å². The van der Waals surface area contributed by atoms with Crippen LogP contribution in [-0.2, 0) is 47.6 Å². The highest BCUT2D eigenvalue weighted by Gasteiger charge is 2.38. The zero-order chi connectivity index (χ0) is 33.9. The summed E-state index contributed by atoms with van der Waals surface area (Å²) in [5.74, 6) is -4.45. The predicted octanol–water partition coefficient (Wildman–Crippen LogP) is 7.14. The average Bonchev–Trinajstić information content (AvgIpc) is 2.93. The summed E-state index contributed by atoms with van der Waals surface area (Å²) in [6, 6.07) is 2.37. The Hall–Kier alpha value is -3.58. The average molecular weight is 660 g/mol. The van der Waals surface area contributed by atoms with Gasteiger partial charge in [0.25, 0.3) is 16.0 Å². The van der Waals surface area contributed by atoms with Crippen LogP contribution in [0, 0.1) is 11.6 Å². The highest BCUT2D eigenvalue weighted by molar-refractivity contribution is 7.86. The molecule has 0 heterocycles. The summed E-state index contributed by atoms with van der Waals surface area (Å²) >= 11 is 0. The second kappa shape index (κ2) is 16.6. The Kier molecular flexibility index (Phi) is 13.9. The van der Waals surface area contributed by atoms with Crippen molar-refractivity contribution < 1.29 is 48.9 Å². The van der Waals surface area contributed by atoms with Crippen molar-refractivity contribution in [1.82, 2.24) is 5.32 Å². The van der Waals surface area contributed by atoms with E-state index in [0.29, 0.717) is 49.1 Å². The number of amides is 1. The summed E-state index contributed by atoms with van der Waals surface area (Å²) in [7, 11) is -4.19. The van der Waals surface area contributed by atoms with Gasteiger partial charge < -0.3 is 10.1 Å². The first-order valence-corrected chi connectivity index (χ1v) is 16.2. The minimum Gasteiger partial charge on any atom is -0.466 e. The van der Waals surface area contributed by atoms with E-state index in [-0.39, 0.29) is 30.6 Å². The highest BCUT2D eigenvalue weighted by Crippen LogP contribution is 2.40. The third-order valence-corrected chi connectivity index (χ3v) is 7.36. The lowest BCUT2D eigenvalue weighted by atomic mass is 9.87. The van der Waals surface area contributed by atoms with Crippen molar-refractivity contribution in [2.75, 3.05) is 12.9 Å². The van der Waals surface area contributed by atoms with Gasteiger partial charge in [-0.25, -0.2) is 8.78 Å². The lowest BCUT2D eigenvalue weighted by Gasteiger charge is -2.25. The Balaban J connectivity index is 2.85. The van der Waals surface area contributed by atoms with Gasteiger partial charge in [0.15, 0.2) is 6.10 Å². The van der Waals surface area contributed by atoms with E-state index >= 15 is 4.39 Å². The molecule has 1 N–H and O–H groups in total. The third-order valence-electron chi connectivity index (χ3n) is 6.78. The maximum absolute atomic E-state index is 15.8. The molecule has 2 aromatic rings. The van der Waals surface area contributed by atoms with E-state index in [9.17, 15) is 35.6 Å². The first-order valence-electron chi connectivity index (χ1n) is 14.3. The summed E-state index contributed by atoms with van der Waals surface area (Å²) in [5, 5.41) is 2.28. The Labute approximate surface area is 260 Å². The molecule has 0 fully saturated rings. The molecule has 0 radical (unpaired) electrons. The fourth-order valence-electron chi connectivity index (χ4n) is 4.87. The van der Waals surface area contributed by atoms with Crippen molar-refractivity contribution >= 4 is 22.0 Å². The minimum atomic E-state index is -5.20. The number of allylic oxidation sites excluding steroid dienone is 1. The van der Waals surface area contributed by atoms with Crippen LogP contribution in [-0.4, -0.2) is 39.3 Å². The van der Waals surface area contributed by atoms with Gasteiger partial charge in [0.1, 0.15) is 11.6 Å². The van der Waals surface area contributed by atoms with Crippen LogP contribution in [0.2, 0.25) is 0 Å². The molecule has 45 heavy (non-hydrogen) atoms. The molecule has 2 rings (SSSR count). The molecule has 0 aromatic heterocycles. The number of rotatable bonds is 17. The molecule has 1 amide bonds. The summed E-state index contributed by atoms with van der Waals surface area (Å²) in [4.78, 5) is 25.7. The van der Waals surface area contributed by atoms with Gasteiger partial charge in [-0.05, 0) is 85.5 Å². The first kappa shape index (κ1) is 37.6. The van der Waals surface area contributed by atoms with Gasteiger partial charge >= 0.3 is 12.1 Å². The van der Waals surface area contributed by atoms with Crippen LogP contribution in [0.25, 0.3) is 11.1 Å². The molecule has 13 heteroatoms. The maximum Gasteiger partial charge on any atom is 0.419 e. The molecule has 0 aliphatic carbocycles. The molecule has 0 aliphatic heterocycles. The van der Waals surface area contributed by atoms with Gasteiger partial charge in [-0.1, -0.05) is 19.1 Å². The van der Waals surface area contributed by atoms with Crippen LogP contribution in [0.15, 0.2) is 49.6 Å². The number of ether oxygens (including phenoxy) is 1. The topological polar surface area (TPSA) is 98.8 Å². The quantitative estimate of drug-likeness (QED) is 0.0637. The number of alkyl halides is 3. The van der Waals surface area contributed by atoms with Gasteiger partial charge in [0.05, 0.1) is 30.9 Å². The number of esters is 1. The van der Waals surface area contributed by atoms with E-state index < -0.39 is 69.5 Å². The van der Waals surface area contributed by atoms with Crippen molar-refractivity contribution in [1.29, 1.82) is 0 Å². The Morgan fingerprint density at radius 3 is 2.24 bits per heavy atom. The lowest BCUT2D eigenvalue weighted by Crippen LogP contribution is -2.40. The van der Waals surface area contributed by atoms with E-state index in [0.717, 1.165) is 6.07 Å². The van der Waals surface area contributed by atoms with Gasteiger partial charge in [-0.3, -0.25) is 13.8 Å². The van der Waals surface area contributed by atoms with E-state index in [1.54, 1.807) is 13.0 Å². The summed E-state index contributed by atoms with van der Waals surface area (Å²) in [5.41, 5.74) is -1.43. The van der Waals surface area contributed by atoms with Crippen LogP contribution < -0.4 is 5.32 Å². The summed E-state index contributed by atoms with van der Waals surface area (Å²) in [6.07, 6.45) is -1.98. The van der Waals surface area contributed by atoms with Gasteiger partial charge in [-0.15, -0.1) is 13.2 Å². The molecule has 0 bridgehead atoms. The number of halogens is 5. The molecule has 0 unspecified atom stereocenters. The largest absolute Gasteiger partial charge is 0.466 e. The van der Waals surface area contributed by atoms with Gasteiger partial charge in [-0.2, -0.15) is 21.6 Å². The molecule has 248 valence electrons. The molecule has 0 saturated heterocycles. The second-order valence-electron chi connectivity index (χ2n) is 10.3. The maximum atomic E-state index is 15.8. The number of unbranched alkanes of at least 4 members (excludes halogenated alkanes) is 2. The highest BCUT2D eigenvalue weighted by atomic mass is 32.2. The van der Waals surface area contributed by atoms with Crippen LogP contribution in [0.1, 0.15) is 74.2 Å². The van der Waals surface area contributed by atoms with Crippen LogP contribution in [0.5, 0.6) is 0 Å². The molecular formula is C32H38F5NO6S. The number of hydrogen-bond acceptors (Lipinski definition) is 6. The number of carbonyl (C=O) groups excluding carboxylic acids is 2. The summed E-state index contributed by atoms with van der Waals surface area (Å²) in [6.45, 7) is 10.2. The summed E-state index contributed by atoms with van der Waals surface area (Å²) < 4.78 is 107. The molecule has 0 aliphatic rings. The Morgan fingerprint density at radius 2 is 1.69 bits per heavy atom. The molecule has 2 atom stereocenters.